The van der Waals surface area contributed by atoms with E-state index in [4.69, 9.17) is 0 Å². The maximum Gasteiger partial charge on any atom is 0.281 e. The van der Waals surface area contributed by atoms with Crippen LogP contribution in [0.15, 0.2) is 29.3 Å². The molecule has 2 fully saturated rings. The molecule has 0 unspecified atom stereocenters. The number of aliphatic hydroxyl groups is 1. The van der Waals surface area contributed by atoms with Gasteiger partial charge in [-0.3, -0.25) is 23.6 Å². The number of fused-ring (bicyclic) bond motifs is 2. The molecule has 1 N–H and O–H groups in total. The number of amides is 1. The highest BCUT2D eigenvalue weighted by atomic mass is 16.3. The summed E-state index contributed by atoms with van der Waals surface area (Å²) in [6.07, 6.45) is 5.43. The predicted molar refractivity (Wildman–Crippen MR) is 129 cm³/mol. The van der Waals surface area contributed by atoms with Gasteiger partial charge in [-0.2, -0.15) is 5.10 Å². The fourth-order valence-electron chi connectivity index (χ4n) is 5.52. The average molecular weight is 476 g/mol. The minimum atomic E-state index is -1.08. The van der Waals surface area contributed by atoms with Gasteiger partial charge in [0.1, 0.15) is 5.52 Å². The molecule has 1 aromatic carbocycles. The quantitative estimate of drug-likeness (QED) is 0.619. The monoisotopic (exact) mass is 475 g/mol. The van der Waals surface area contributed by atoms with Gasteiger partial charge in [0.05, 0.1) is 24.2 Å². The Hall–Kier alpha value is -3.33. The Balaban J connectivity index is 1.26. The van der Waals surface area contributed by atoms with Crippen molar-refractivity contribution < 1.29 is 14.7 Å². The lowest BCUT2D eigenvalue weighted by Gasteiger charge is -2.39. The second-order valence-corrected chi connectivity index (χ2v) is 10.7. The molecule has 1 saturated heterocycles. The molecule has 3 aromatic rings. The van der Waals surface area contributed by atoms with Crippen LogP contribution in [0.3, 0.4) is 0 Å². The van der Waals surface area contributed by atoms with Crippen LogP contribution < -0.4 is 5.56 Å². The fourth-order valence-corrected chi connectivity index (χ4v) is 5.52. The van der Waals surface area contributed by atoms with E-state index in [2.05, 4.69) is 10.1 Å². The van der Waals surface area contributed by atoms with Crippen LogP contribution in [0.2, 0.25) is 0 Å². The van der Waals surface area contributed by atoms with Crippen LogP contribution in [-0.2, 0) is 24.8 Å². The minimum absolute atomic E-state index is 0.112. The van der Waals surface area contributed by atoms with Crippen LogP contribution in [0.5, 0.6) is 0 Å². The molecule has 1 aliphatic heterocycles. The van der Waals surface area contributed by atoms with E-state index in [1.165, 1.54) is 10.9 Å². The van der Waals surface area contributed by atoms with Crippen LogP contribution in [-0.4, -0.2) is 59.7 Å². The molecule has 0 atom stereocenters. The van der Waals surface area contributed by atoms with Gasteiger partial charge in [0.25, 0.3) is 5.56 Å². The number of rotatable bonds is 4. The van der Waals surface area contributed by atoms with Gasteiger partial charge >= 0.3 is 0 Å². The Labute approximate surface area is 202 Å². The van der Waals surface area contributed by atoms with Crippen molar-refractivity contribution in [1.82, 2.24) is 24.2 Å². The number of aryl methyl sites for hydroxylation is 2. The van der Waals surface area contributed by atoms with E-state index < -0.39 is 5.60 Å². The molecule has 0 spiro atoms. The van der Waals surface area contributed by atoms with E-state index in [1.807, 2.05) is 30.0 Å². The number of benzene rings is 1. The van der Waals surface area contributed by atoms with Crippen molar-refractivity contribution in [3.05, 3.63) is 46.0 Å². The molecule has 1 saturated carbocycles. The lowest BCUT2D eigenvalue weighted by atomic mass is 9.90. The van der Waals surface area contributed by atoms with Crippen molar-refractivity contribution in [2.45, 2.75) is 57.6 Å². The first kappa shape index (κ1) is 22.2. The van der Waals surface area contributed by atoms with Gasteiger partial charge in [-0.1, -0.05) is 19.1 Å². The number of ketones is 1. The number of carbonyl (C=O) groups is 2. The molecule has 3 heterocycles. The van der Waals surface area contributed by atoms with Crippen LogP contribution in [0.1, 0.15) is 54.9 Å². The molecule has 0 radical (unpaired) electrons. The highest BCUT2D eigenvalue weighted by Gasteiger charge is 2.48. The van der Waals surface area contributed by atoms with E-state index in [1.54, 1.807) is 11.7 Å². The normalized spacial score (nSPS) is 20.3. The van der Waals surface area contributed by atoms with Gasteiger partial charge in [-0.05, 0) is 43.7 Å². The standard InChI is InChI=1S/C26H29N5O4/c1-25(7-8-25)24(34)30-11-9-26(35,10-12-30)14-31-15-27-20-21(23(31)33)28-29(2)22(20)17-3-5-18-16(13-17)4-6-19(18)32/h3,5,13,15,35H,4,6-12,14H2,1-2H3. The summed E-state index contributed by atoms with van der Waals surface area (Å²) in [5.41, 5.74) is 2.53. The highest BCUT2D eigenvalue weighted by molar-refractivity contribution is 6.01. The van der Waals surface area contributed by atoms with Crippen molar-refractivity contribution in [2.75, 3.05) is 13.1 Å². The Bertz CT molecular complexity index is 1440. The first-order valence-electron chi connectivity index (χ1n) is 12.3. The molecular formula is C26H29N5O4. The molecular weight excluding hydrogens is 446 g/mol. The Kier molecular flexibility index (Phi) is 4.80. The minimum Gasteiger partial charge on any atom is -0.388 e. The Morgan fingerprint density at radius 1 is 1.09 bits per heavy atom. The van der Waals surface area contributed by atoms with E-state index >= 15 is 0 Å². The number of nitrogens with zero attached hydrogens (tertiary/aromatic N) is 5. The molecule has 2 aliphatic carbocycles. The molecule has 182 valence electrons. The summed E-state index contributed by atoms with van der Waals surface area (Å²) < 4.78 is 3.08. The molecule has 9 nitrogen and oxygen atoms in total. The van der Waals surface area contributed by atoms with Crippen LogP contribution in [0.25, 0.3) is 22.3 Å². The number of aromatic nitrogens is 4. The highest BCUT2D eigenvalue weighted by Crippen LogP contribution is 2.47. The molecule has 6 rings (SSSR count). The molecule has 9 heteroatoms. The second kappa shape index (κ2) is 7.58. The van der Waals surface area contributed by atoms with Crippen molar-refractivity contribution >= 4 is 22.7 Å². The van der Waals surface area contributed by atoms with Crippen molar-refractivity contribution in [1.29, 1.82) is 0 Å². The predicted octanol–water partition coefficient (Wildman–Crippen LogP) is 2.08. The number of carbonyl (C=O) groups excluding carboxylic acids is 2. The van der Waals surface area contributed by atoms with Crippen LogP contribution in [0.4, 0.5) is 0 Å². The third kappa shape index (κ3) is 3.60. The zero-order valence-electron chi connectivity index (χ0n) is 20.1. The van der Waals surface area contributed by atoms with E-state index in [0.29, 0.717) is 37.9 Å². The lowest BCUT2D eigenvalue weighted by molar-refractivity contribution is -0.141. The van der Waals surface area contributed by atoms with Crippen molar-refractivity contribution in [2.24, 2.45) is 12.5 Å². The van der Waals surface area contributed by atoms with Gasteiger partial charge in [0, 0.05) is 43.1 Å². The Morgan fingerprint density at radius 2 is 1.83 bits per heavy atom. The first-order chi connectivity index (χ1) is 16.7. The summed E-state index contributed by atoms with van der Waals surface area (Å²) in [5, 5.41) is 15.7. The zero-order valence-corrected chi connectivity index (χ0v) is 20.1. The summed E-state index contributed by atoms with van der Waals surface area (Å²) in [4.78, 5) is 44.4. The molecule has 3 aliphatic rings. The van der Waals surface area contributed by atoms with Gasteiger partial charge in [-0.15, -0.1) is 0 Å². The van der Waals surface area contributed by atoms with Gasteiger partial charge in [0.15, 0.2) is 11.3 Å². The third-order valence-corrected chi connectivity index (χ3v) is 8.07. The topological polar surface area (TPSA) is 110 Å². The maximum absolute atomic E-state index is 13.3. The van der Waals surface area contributed by atoms with Gasteiger partial charge < -0.3 is 10.0 Å². The number of hydrogen-bond donors (Lipinski definition) is 1. The number of Topliss-reactive ketones (excluding diaryl/α,β-unsaturated/α-hetero) is 1. The number of piperidine rings is 1. The maximum atomic E-state index is 13.3. The molecule has 2 aromatic heterocycles. The molecule has 0 bridgehead atoms. The smallest absolute Gasteiger partial charge is 0.281 e. The summed E-state index contributed by atoms with van der Waals surface area (Å²) in [6.45, 7) is 3.09. The van der Waals surface area contributed by atoms with Gasteiger partial charge in [-0.25, -0.2) is 4.98 Å². The average Bonchev–Trinajstić information content (AvgIpc) is 3.35. The summed E-state index contributed by atoms with van der Waals surface area (Å²) >= 11 is 0. The summed E-state index contributed by atoms with van der Waals surface area (Å²) in [6, 6.07) is 5.71. The first-order valence-corrected chi connectivity index (χ1v) is 12.3. The van der Waals surface area contributed by atoms with E-state index in [0.717, 1.165) is 41.6 Å². The van der Waals surface area contributed by atoms with E-state index in [-0.39, 0.29) is 34.7 Å². The van der Waals surface area contributed by atoms with Crippen LogP contribution in [0, 0.1) is 5.41 Å². The van der Waals surface area contributed by atoms with Crippen molar-refractivity contribution in [3.63, 3.8) is 0 Å². The van der Waals surface area contributed by atoms with E-state index in [9.17, 15) is 19.5 Å². The fraction of sp³-hybridized carbons (Fsp3) is 0.500. The SMILES string of the molecule is Cn1nc2c(=O)n(CC3(O)CCN(C(=O)C4(C)CC4)CC3)cnc2c1-c1ccc2c(c1)CCC2=O. The van der Waals surface area contributed by atoms with Crippen molar-refractivity contribution in [3.8, 4) is 11.3 Å². The number of hydrogen-bond acceptors (Lipinski definition) is 6. The summed E-state index contributed by atoms with van der Waals surface area (Å²) in [5.74, 6) is 0.342. The van der Waals surface area contributed by atoms with Crippen LogP contribution >= 0.6 is 0 Å². The Morgan fingerprint density at radius 3 is 2.54 bits per heavy atom. The molecule has 1 amide bonds. The lowest BCUT2D eigenvalue weighted by Crippen LogP contribution is -2.51. The zero-order chi connectivity index (χ0) is 24.5. The molecule has 35 heavy (non-hydrogen) atoms. The second-order valence-electron chi connectivity index (χ2n) is 10.7. The summed E-state index contributed by atoms with van der Waals surface area (Å²) in [7, 11) is 1.78. The van der Waals surface area contributed by atoms with Gasteiger partial charge in [0.2, 0.25) is 5.91 Å². The number of likely N-dealkylation sites (tertiary alicyclic amines) is 1. The largest absolute Gasteiger partial charge is 0.388 e. The third-order valence-electron chi connectivity index (χ3n) is 8.07.